The average Bonchev–Trinajstić information content (AvgIpc) is 2.82. The summed E-state index contributed by atoms with van der Waals surface area (Å²) in [5.41, 5.74) is 0.755. The number of urea groups is 1. The summed E-state index contributed by atoms with van der Waals surface area (Å²) in [7, 11) is 0. The third-order valence-corrected chi connectivity index (χ3v) is 4.22. The lowest BCUT2D eigenvalue weighted by Crippen LogP contribution is -2.33. The van der Waals surface area contributed by atoms with Gasteiger partial charge in [-0.25, -0.2) is 4.79 Å². The Morgan fingerprint density at radius 2 is 1.89 bits per heavy atom. The average molecular weight is 277 g/mol. The van der Waals surface area contributed by atoms with Crippen LogP contribution in [0.2, 0.25) is 5.02 Å². The van der Waals surface area contributed by atoms with Gasteiger partial charge in [0.05, 0.1) is 0 Å². The van der Waals surface area contributed by atoms with E-state index in [1.54, 1.807) is 12.1 Å². The Morgan fingerprint density at radius 1 is 1.21 bits per heavy atom. The lowest BCUT2D eigenvalue weighted by molar-refractivity contribution is 0.220. The minimum Gasteiger partial charge on any atom is -0.324 e. The Morgan fingerprint density at radius 3 is 2.53 bits per heavy atom. The molecule has 2 unspecified atom stereocenters. The van der Waals surface area contributed by atoms with Crippen molar-refractivity contribution in [1.29, 1.82) is 0 Å². The van der Waals surface area contributed by atoms with E-state index in [0.717, 1.165) is 31.6 Å². The first-order chi connectivity index (χ1) is 9.22. The molecule has 1 fully saturated rings. The molecule has 0 bridgehead atoms. The van der Waals surface area contributed by atoms with Crippen LogP contribution in [-0.4, -0.2) is 24.0 Å². The van der Waals surface area contributed by atoms with Gasteiger partial charge in [0.25, 0.3) is 0 Å². The molecule has 2 atom stereocenters. The Bertz CT molecular complexity index is 499. The molecule has 0 saturated carbocycles. The number of fused-ring (bicyclic) bond motifs is 1. The van der Waals surface area contributed by atoms with Crippen molar-refractivity contribution in [2.75, 3.05) is 18.4 Å². The van der Waals surface area contributed by atoms with Gasteiger partial charge in [0, 0.05) is 23.8 Å². The highest BCUT2D eigenvalue weighted by molar-refractivity contribution is 6.30. The fourth-order valence-corrected chi connectivity index (χ4v) is 3.14. The van der Waals surface area contributed by atoms with Crippen molar-refractivity contribution in [2.24, 2.45) is 11.8 Å². The second kappa shape index (κ2) is 5.25. The number of amides is 2. The third kappa shape index (κ3) is 2.76. The molecule has 0 aromatic heterocycles. The molecule has 1 aliphatic carbocycles. The number of hydrogen-bond donors (Lipinski definition) is 1. The summed E-state index contributed by atoms with van der Waals surface area (Å²) < 4.78 is 0. The van der Waals surface area contributed by atoms with E-state index in [4.69, 9.17) is 11.6 Å². The number of benzene rings is 1. The van der Waals surface area contributed by atoms with Crippen LogP contribution in [0.4, 0.5) is 10.5 Å². The third-order valence-electron chi connectivity index (χ3n) is 3.98. The Hall–Kier alpha value is -1.48. The summed E-state index contributed by atoms with van der Waals surface area (Å²) in [5, 5.41) is 3.55. The van der Waals surface area contributed by atoms with Crippen LogP contribution in [0.25, 0.3) is 0 Å². The summed E-state index contributed by atoms with van der Waals surface area (Å²) in [4.78, 5) is 14.1. The highest BCUT2D eigenvalue weighted by atomic mass is 35.5. The number of hydrogen-bond acceptors (Lipinski definition) is 1. The van der Waals surface area contributed by atoms with Crippen molar-refractivity contribution in [3.05, 3.63) is 41.4 Å². The Balaban J connectivity index is 1.63. The molecule has 3 nitrogen and oxygen atoms in total. The molecule has 1 N–H and O–H groups in total. The van der Waals surface area contributed by atoms with E-state index in [1.807, 2.05) is 17.0 Å². The second-order valence-electron chi connectivity index (χ2n) is 5.31. The van der Waals surface area contributed by atoms with Gasteiger partial charge in [0.2, 0.25) is 0 Å². The van der Waals surface area contributed by atoms with Crippen LogP contribution in [0.1, 0.15) is 12.8 Å². The van der Waals surface area contributed by atoms with E-state index < -0.39 is 0 Å². The standard InChI is InChI=1S/C15H17ClN2O/c16-13-6-3-7-14(8-13)17-15(19)18-9-11-4-1-2-5-12(11)10-18/h1-3,6-8,11-12H,4-5,9-10H2,(H,17,19). The minimum absolute atomic E-state index is 0.0170. The number of likely N-dealkylation sites (tertiary alicyclic amines) is 1. The fraction of sp³-hybridized carbons (Fsp3) is 0.400. The van der Waals surface area contributed by atoms with E-state index in [9.17, 15) is 4.79 Å². The van der Waals surface area contributed by atoms with E-state index >= 15 is 0 Å². The first-order valence-electron chi connectivity index (χ1n) is 6.69. The SMILES string of the molecule is O=C(Nc1cccc(Cl)c1)N1CC2CC=CCC2C1. The van der Waals surface area contributed by atoms with Crippen molar-refractivity contribution in [2.45, 2.75) is 12.8 Å². The maximum Gasteiger partial charge on any atom is 0.321 e. The molecule has 0 radical (unpaired) electrons. The number of nitrogens with one attached hydrogen (secondary N) is 1. The van der Waals surface area contributed by atoms with Gasteiger partial charge in [-0.3, -0.25) is 0 Å². The maximum atomic E-state index is 12.2. The predicted octanol–water partition coefficient (Wildman–Crippen LogP) is 3.77. The van der Waals surface area contributed by atoms with Crippen LogP contribution < -0.4 is 5.32 Å². The molecule has 100 valence electrons. The molecule has 19 heavy (non-hydrogen) atoms. The van der Waals surface area contributed by atoms with Gasteiger partial charge >= 0.3 is 6.03 Å². The normalized spacial score (nSPS) is 25.2. The quantitative estimate of drug-likeness (QED) is 0.778. The molecule has 4 heteroatoms. The van der Waals surface area contributed by atoms with Crippen LogP contribution in [0.5, 0.6) is 0 Å². The van der Waals surface area contributed by atoms with Crippen LogP contribution in [0.3, 0.4) is 0 Å². The van der Waals surface area contributed by atoms with Crippen molar-refractivity contribution >= 4 is 23.3 Å². The fourth-order valence-electron chi connectivity index (χ4n) is 2.95. The van der Waals surface area contributed by atoms with E-state index in [0.29, 0.717) is 16.9 Å². The van der Waals surface area contributed by atoms with Gasteiger partial charge in [-0.2, -0.15) is 0 Å². The Kier molecular flexibility index (Phi) is 3.47. The lowest BCUT2D eigenvalue weighted by atomic mass is 9.86. The number of nitrogens with zero attached hydrogens (tertiary/aromatic N) is 1. The molecule has 2 aliphatic rings. The molecule has 3 rings (SSSR count). The van der Waals surface area contributed by atoms with Crippen LogP contribution in [0.15, 0.2) is 36.4 Å². The first-order valence-corrected chi connectivity index (χ1v) is 7.06. The summed E-state index contributed by atoms with van der Waals surface area (Å²) >= 11 is 5.91. The monoisotopic (exact) mass is 276 g/mol. The summed E-state index contributed by atoms with van der Waals surface area (Å²) in [5.74, 6) is 1.27. The minimum atomic E-state index is -0.0170. The molecule has 0 spiro atoms. The lowest BCUT2D eigenvalue weighted by Gasteiger charge is -2.17. The maximum absolute atomic E-state index is 12.2. The van der Waals surface area contributed by atoms with E-state index in [2.05, 4.69) is 17.5 Å². The van der Waals surface area contributed by atoms with Gasteiger partial charge in [-0.05, 0) is 42.9 Å². The topological polar surface area (TPSA) is 32.3 Å². The van der Waals surface area contributed by atoms with E-state index in [1.165, 1.54) is 0 Å². The van der Waals surface area contributed by atoms with Gasteiger partial charge in [0.15, 0.2) is 0 Å². The molecule has 1 aliphatic heterocycles. The second-order valence-corrected chi connectivity index (χ2v) is 5.74. The molecule has 2 amide bonds. The van der Waals surface area contributed by atoms with Gasteiger partial charge in [-0.1, -0.05) is 29.8 Å². The molecular formula is C15H17ClN2O. The first kappa shape index (κ1) is 12.5. The van der Waals surface area contributed by atoms with Crippen molar-refractivity contribution in [3.63, 3.8) is 0 Å². The Labute approximate surface area is 118 Å². The zero-order valence-corrected chi connectivity index (χ0v) is 11.4. The molecule has 1 aromatic rings. The summed E-state index contributed by atoms with van der Waals surface area (Å²) in [6, 6.07) is 7.24. The van der Waals surface area contributed by atoms with Crippen LogP contribution in [0, 0.1) is 11.8 Å². The van der Waals surface area contributed by atoms with Crippen molar-refractivity contribution < 1.29 is 4.79 Å². The number of allylic oxidation sites excluding steroid dienone is 2. The number of rotatable bonds is 1. The number of carbonyl (C=O) groups is 1. The van der Waals surface area contributed by atoms with Gasteiger partial charge in [0.1, 0.15) is 0 Å². The van der Waals surface area contributed by atoms with Crippen LogP contribution >= 0.6 is 11.6 Å². The largest absolute Gasteiger partial charge is 0.324 e. The highest BCUT2D eigenvalue weighted by Gasteiger charge is 2.34. The van der Waals surface area contributed by atoms with Gasteiger partial charge in [-0.15, -0.1) is 0 Å². The number of carbonyl (C=O) groups excluding carboxylic acids is 1. The molecule has 1 saturated heterocycles. The molecule has 1 heterocycles. The number of anilines is 1. The summed E-state index contributed by atoms with van der Waals surface area (Å²) in [6.07, 6.45) is 6.68. The summed E-state index contributed by atoms with van der Waals surface area (Å²) in [6.45, 7) is 1.73. The van der Waals surface area contributed by atoms with Crippen molar-refractivity contribution in [1.82, 2.24) is 4.90 Å². The number of halogens is 1. The van der Waals surface area contributed by atoms with Crippen molar-refractivity contribution in [3.8, 4) is 0 Å². The zero-order valence-electron chi connectivity index (χ0n) is 10.7. The smallest absolute Gasteiger partial charge is 0.321 e. The predicted molar refractivity (Wildman–Crippen MR) is 77.4 cm³/mol. The zero-order chi connectivity index (χ0) is 13.2. The molecule has 1 aromatic carbocycles. The van der Waals surface area contributed by atoms with E-state index in [-0.39, 0.29) is 6.03 Å². The van der Waals surface area contributed by atoms with Gasteiger partial charge < -0.3 is 10.2 Å². The van der Waals surface area contributed by atoms with Crippen LogP contribution in [-0.2, 0) is 0 Å². The highest BCUT2D eigenvalue weighted by Crippen LogP contribution is 2.33. The molecular weight excluding hydrogens is 260 g/mol.